The van der Waals surface area contributed by atoms with Crippen LogP contribution in [0.1, 0.15) is 18.1 Å². The fourth-order valence-corrected chi connectivity index (χ4v) is 3.80. The van der Waals surface area contributed by atoms with Crippen LogP contribution in [0.4, 0.5) is 33.9 Å². The summed E-state index contributed by atoms with van der Waals surface area (Å²) in [5, 5.41) is 0. The lowest BCUT2D eigenvalue weighted by atomic mass is 10.1. The molecule has 2 heterocycles. The van der Waals surface area contributed by atoms with Crippen molar-refractivity contribution in [2.75, 3.05) is 25.1 Å². The second-order valence-electron chi connectivity index (χ2n) is 8.04. The molecule has 1 aromatic heterocycles. The Morgan fingerprint density at radius 3 is 2.49 bits per heavy atom. The summed E-state index contributed by atoms with van der Waals surface area (Å²) in [6.45, 7) is 2.82. The van der Waals surface area contributed by atoms with Gasteiger partial charge >= 0.3 is 12.3 Å². The number of alkyl halides is 3. The van der Waals surface area contributed by atoms with Gasteiger partial charge in [0.25, 0.3) is 0 Å². The maximum Gasteiger partial charge on any atom is 0.417 e. The molecule has 2 aromatic carbocycles. The first-order valence-electron chi connectivity index (χ1n) is 10.9. The zero-order valence-corrected chi connectivity index (χ0v) is 19.1. The van der Waals surface area contributed by atoms with Crippen LogP contribution in [0.5, 0.6) is 11.5 Å². The van der Waals surface area contributed by atoms with Crippen LogP contribution >= 0.6 is 0 Å². The summed E-state index contributed by atoms with van der Waals surface area (Å²) in [6, 6.07) is 13.5. The van der Waals surface area contributed by atoms with E-state index in [1.807, 2.05) is 19.1 Å². The van der Waals surface area contributed by atoms with Gasteiger partial charge in [-0.3, -0.25) is 0 Å². The third kappa shape index (κ3) is 5.47. The van der Waals surface area contributed by atoms with E-state index < -0.39 is 17.6 Å². The summed E-state index contributed by atoms with van der Waals surface area (Å²) in [7, 11) is 1.58. The number of nitrogens with zero attached hydrogens (tertiary/aromatic N) is 3. The van der Waals surface area contributed by atoms with Crippen molar-refractivity contribution >= 4 is 17.6 Å². The quantitative estimate of drug-likeness (QED) is 0.371. The molecule has 1 unspecified atom stereocenters. The topological polar surface area (TPSA) is 54.9 Å². The van der Waals surface area contributed by atoms with E-state index in [2.05, 4.69) is 4.98 Å². The number of amides is 1. The minimum absolute atomic E-state index is 0.00206. The molecular formula is C25H23F4N3O3. The summed E-state index contributed by atoms with van der Waals surface area (Å²) in [4.78, 5) is 18.7. The van der Waals surface area contributed by atoms with Crippen LogP contribution in [0.25, 0.3) is 0 Å². The maximum atomic E-state index is 14.7. The molecule has 0 radical (unpaired) electrons. The Hall–Kier alpha value is -3.82. The number of aromatic nitrogens is 1. The second-order valence-corrected chi connectivity index (χ2v) is 8.04. The zero-order valence-electron chi connectivity index (χ0n) is 19.1. The van der Waals surface area contributed by atoms with E-state index >= 15 is 0 Å². The van der Waals surface area contributed by atoms with Gasteiger partial charge in [-0.25, -0.2) is 14.2 Å². The summed E-state index contributed by atoms with van der Waals surface area (Å²) in [5.74, 6) is 0.0367. The normalized spacial score (nSPS) is 15.8. The number of cyclic esters (lactones) is 1. The van der Waals surface area contributed by atoms with Gasteiger partial charge in [-0.05, 0) is 55.3 Å². The third-order valence-electron chi connectivity index (χ3n) is 5.76. The van der Waals surface area contributed by atoms with Crippen molar-refractivity contribution in [1.29, 1.82) is 0 Å². The molecule has 35 heavy (non-hydrogen) atoms. The molecule has 1 atom stereocenters. The van der Waals surface area contributed by atoms with Crippen LogP contribution in [0.2, 0.25) is 0 Å². The Kier molecular flexibility index (Phi) is 6.81. The zero-order chi connectivity index (χ0) is 25.2. The number of hydrogen-bond acceptors (Lipinski definition) is 5. The number of ether oxygens (including phenoxy) is 2. The van der Waals surface area contributed by atoms with Gasteiger partial charge in [-0.2, -0.15) is 13.2 Å². The molecule has 0 aliphatic carbocycles. The van der Waals surface area contributed by atoms with E-state index in [0.717, 1.165) is 17.8 Å². The number of hydrogen-bond donors (Lipinski definition) is 0. The Balaban J connectivity index is 1.41. The lowest BCUT2D eigenvalue weighted by Crippen LogP contribution is -2.34. The number of pyridine rings is 1. The van der Waals surface area contributed by atoms with E-state index in [1.165, 1.54) is 23.1 Å². The van der Waals surface area contributed by atoms with Gasteiger partial charge in [-0.15, -0.1) is 0 Å². The van der Waals surface area contributed by atoms with Gasteiger partial charge in [-0.1, -0.05) is 12.1 Å². The molecule has 1 saturated heterocycles. The molecule has 4 rings (SSSR count). The number of halogens is 4. The molecule has 1 amide bonds. The number of anilines is 2. The minimum atomic E-state index is -4.48. The largest absolute Gasteiger partial charge is 0.454 e. The van der Waals surface area contributed by atoms with Crippen molar-refractivity contribution in [3.05, 3.63) is 77.7 Å². The summed E-state index contributed by atoms with van der Waals surface area (Å²) >= 11 is 0. The van der Waals surface area contributed by atoms with Crippen LogP contribution < -0.4 is 9.64 Å². The monoisotopic (exact) mass is 489 g/mol. The average Bonchev–Trinajstić information content (AvgIpc) is 3.19. The second kappa shape index (κ2) is 9.81. The first kappa shape index (κ1) is 24.3. The van der Waals surface area contributed by atoms with Crippen LogP contribution in [-0.4, -0.2) is 42.2 Å². The standard InChI is InChI=1S/C25H23F4N3O3/c1-3-32-19(15-34-24(32)33)12-16-4-8-20(9-5-16)35-22-10-7-18(13-21(22)26)31(2)23-11-6-17(14-30-23)25(27,28)29/h4-11,13-14,19H,3,12,15H2,1-2H3. The van der Waals surface area contributed by atoms with Gasteiger partial charge in [0.1, 0.15) is 18.2 Å². The number of benzene rings is 2. The molecule has 1 aliphatic rings. The molecule has 1 aliphatic heterocycles. The molecule has 10 heteroatoms. The van der Waals surface area contributed by atoms with Gasteiger partial charge in [0.15, 0.2) is 11.6 Å². The van der Waals surface area contributed by atoms with E-state index in [4.69, 9.17) is 9.47 Å². The molecule has 1 fully saturated rings. The first-order valence-corrected chi connectivity index (χ1v) is 10.9. The van der Waals surface area contributed by atoms with E-state index in [-0.39, 0.29) is 23.7 Å². The van der Waals surface area contributed by atoms with Gasteiger partial charge in [0.2, 0.25) is 0 Å². The third-order valence-corrected chi connectivity index (χ3v) is 5.76. The molecule has 0 N–H and O–H groups in total. The highest BCUT2D eigenvalue weighted by Crippen LogP contribution is 2.32. The van der Waals surface area contributed by atoms with Crippen LogP contribution in [-0.2, 0) is 17.3 Å². The average molecular weight is 489 g/mol. The molecule has 3 aromatic rings. The molecule has 6 nitrogen and oxygen atoms in total. The summed E-state index contributed by atoms with van der Waals surface area (Å²) in [5.41, 5.74) is 0.523. The lowest BCUT2D eigenvalue weighted by Gasteiger charge is -2.20. The van der Waals surface area contributed by atoms with Crippen molar-refractivity contribution in [3.63, 3.8) is 0 Å². The highest BCUT2D eigenvalue weighted by molar-refractivity contribution is 5.70. The molecule has 0 bridgehead atoms. The number of rotatable bonds is 7. The fourth-order valence-electron chi connectivity index (χ4n) is 3.80. The summed E-state index contributed by atoms with van der Waals surface area (Å²) < 4.78 is 63.7. The van der Waals surface area contributed by atoms with Crippen molar-refractivity contribution in [2.45, 2.75) is 25.6 Å². The van der Waals surface area contributed by atoms with Gasteiger partial charge in [0, 0.05) is 31.5 Å². The lowest BCUT2D eigenvalue weighted by molar-refractivity contribution is -0.137. The highest BCUT2D eigenvalue weighted by atomic mass is 19.4. The maximum absolute atomic E-state index is 14.7. The number of likely N-dealkylation sites (N-methyl/N-ethyl adjacent to an activating group) is 1. The molecule has 184 valence electrons. The van der Waals surface area contributed by atoms with E-state index in [0.29, 0.717) is 31.0 Å². The smallest absolute Gasteiger partial charge is 0.417 e. The van der Waals surface area contributed by atoms with Crippen molar-refractivity contribution in [1.82, 2.24) is 9.88 Å². The van der Waals surface area contributed by atoms with Crippen LogP contribution in [0.3, 0.4) is 0 Å². The first-order chi connectivity index (χ1) is 16.7. The minimum Gasteiger partial charge on any atom is -0.454 e. The Morgan fingerprint density at radius 1 is 1.14 bits per heavy atom. The van der Waals surface area contributed by atoms with E-state index in [1.54, 1.807) is 30.1 Å². The number of carbonyl (C=O) groups is 1. The van der Waals surface area contributed by atoms with Crippen LogP contribution in [0, 0.1) is 5.82 Å². The van der Waals surface area contributed by atoms with Crippen molar-refractivity contribution < 1.29 is 31.8 Å². The molecule has 0 spiro atoms. The van der Waals surface area contributed by atoms with Crippen LogP contribution in [0.15, 0.2) is 60.8 Å². The fraction of sp³-hybridized carbons (Fsp3) is 0.280. The van der Waals surface area contributed by atoms with Gasteiger partial charge in [0.05, 0.1) is 11.6 Å². The Morgan fingerprint density at radius 2 is 1.89 bits per heavy atom. The number of carbonyl (C=O) groups excluding carboxylic acids is 1. The predicted octanol–water partition coefficient (Wildman–Crippen LogP) is 6.18. The Labute approximate surface area is 199 Å². The summed E-state index contributed by atoms with van der Waals surface area (Å²) in [6.07, 6.45) is -3.42. The van der Waals surface area contributed by atoms with E-state index in [9.17, 15) is 22.4 Å². The van der Waals surface area contributed by atoms with Crippen molar-refractivity contribution in [2.24, 2.45) is 0 Å². The van der Waals surface area contributed by atoms with Crippen molar-refractivity contribution in [3.8, 4) is 11.5 Å². The Bertz CT molecular complexity index is 1180. The molecule has 0 saturated carbocycles. The highest BCUT2D eigenvalue weighted by Gasteiger charge is 2.32. The van der Waals surface area contributed by atoms with Gasteiger partial charge < -0.3 is 19.3 Å². The SMILES string of the molecule is CCN1C(=O)OCC1Cc1ccc(Oc2ccc(N(C)c3ccc(C(F)(F)F)cn3)cc2F)cc1. The molecular weight excluding hydrogens is 466 g/mol. The predicted molar refractivity (Wildman–Crippen MR) is 121 cm³/mol.